The van der Waals surface area contributed by atoms with Crippen molar-refractivity contribution >= 4 is 0 Å². The molecule has 1 rings (SSSR count). The first-order chi connectivity index (χ1) is 4.93. The zero-order valence-corrected chi connectivity index (χ0v) is 6.38. The smallest absolute Gasteiger partial charge is 0.0593 e. The summed E-state index contributed by atoms with van der Waals surface area (Å²) in [6.45, 7) is 8.73. The van der Waals surface area contributed by atoms with E-state index in [2.05, 4.69) is 11.5 Å². The zero-order chi connectivity index (χ0) is 7.23. The first kappa shape index (κ1) is 7.76. The minimum atomic E-state index is 0.883. The third kappa shape index (κ3) is 2.50. The van der Waals surface area contributed by atoms with Crippen LogP contribution in [0, 0.1) is 0 Å². The van der Waals surface area contributed by atoms with Crippen LogP contribution in [0.3, 0.4) is 0 Å². The lowest BCUT2D eigenvalue weighted by atomic mass is 10.4. The predicted octanol–water partition coefficient (Wildman–Crippen LogP) is 0.895. The maximum absolute atomic E-state index is 5.30. The Balaban J connectivity index is 2.21. The summed E-state index contributed by atoms with van der Waals surface area (Å²) in [7, 11) is 0. The summed E-state index contributed by atoms with van der Waals surface area (Å²) >= 11 is 0. The van der Waals surface area contributed by atoms with Crippen LogP contribution in [0.15, 0.2) is 12.7 Å². The SMILES string of the molecule is C=CCN1CCCOCC1. The molecular weight excluding hydrogens is 126 g/mol. The standard InChI is InChI=1S/C8H15NO/c1-2-4-9-5-3-7-10-8-6-9/h2H,1,3-8H2. The number of hydrogen-bond acceptors (Lipinski definition) is 2. The zero-order valence-electron chi connectivity index (χ0n) is 6.38. The van der Waals surface area contributed by atoms with E-state index in [4.69, 9.17) is 4.74 Å². The van der Waals surface area contributed by atoms with Gasteiger partial charge in [-0.2, -0.15) is 0 Å². The molecule has 0 atom stereocenters. The van der Waals surface area contributed by atoms with Gasteiger partial charge in [-0.1, -0.05) is 6.08 Å². The van der Waals surface area contributed by atoms with Gasteiger partial charge in [0.1, 0.15) is 0 Å². The number of ether oxygens (including phenoxy) is 1. The average Bonchev–Trinajstić information content (AvgIpc) is 2.17. The summed E-state index contributed by atoms with van der Waals surface area (Å²) in [6.07, 6.45) is 3.11. The molecule has 1 fully saturated rings. The molecule has 0 radical (unpaired) electrons. The lowest BCUT2D eigenvalue weighted by molar-refractivity contribution is 0.143. The molecule has 2 nitrogen and oxygen atoms in total. The largest absolute Gasteiger partial charge is 0.380 e. The van der Waals surface area contributed by atoms with Crippen molar-refractivity contribution in [2.45, 2.75) is 6.42 Å². The Kier molecular flexibility index (Phi) is 3.47. The van der Waals surface area contributed by atoms with E-state index in [1.165, 1.54) is 0 Å². The molecule has 0 amide bonds. The van der Waals surface area contributed by atoms with Gasteiger partial charge in [0.15, 0.2) is 0 Å². The van der Waals surface area contributed by atoms with Gasteiger partial charge >= 0.3 is 0 Å². The Labute approximate surface area is 62.5 Å². The van der Waals surface area contributed by atoms with Crippen LogP contribution < -0.4 is 0 Å². The second-order valence-electron chi connectivity index (χ2n) is 2.56. The highest BCUT2D eigenvalue weighted by Crippen LogP contribution is 1.97. The molecule has 2 heteroatoms. The molecule has 0 unspecified atom stereocenters. The number of hydrogen-bond donors (Lipinski definition) is 0. The highest BCUT2D eigenvalue weighted by Gasteiger charge is 2.05. The maximum atomic E-state index is 5.30. The Hall–Kier alpha value is -0.340. The Morgan fingerprint density at radius 1 is 1.40 bits per heavy atom. The van der Waals surface area contributed by atoms with Crippen molar-refractivity contribution in [1.82, 2.24) is 4.90 Å². The van der Waals surface area contributed by atoms with E-state index < -0.39 is 0 Å². The average molecular weight is 141 g/mol. The summed E-state index contributed by atoms with van der Waals surface area (Å²) in [6, 6.07) is 0. The highest BCUT2D eigenvalue weighted by molar-refractivity contribution is 4.73. The predicted molar refractivity (Wildman–Crippen MR) is 42.1 cm³/mol. The summed E-state index contributed by atoms with van der Waals surface area (Å²) in [5, 5.41) is 0. The van der Waals surface area contributed by atoms with Gasteiger partial charge in [-0.25, -0.2) is 0 Å². The van der Waals surface area contributed by atoms with Crippen LogP contribution in [-0.4, -0.2) is 37.7 Å². The van der Waals surface area contributed by atoms with E-state index in [-0.39, 0.29) is 0 Å². The van der Waals surface area contributed by atoms with Crippen molar-refractivity contribution in [3.05, 3.63) is 12.7 Å². The molecule has 10 heavy (non-hydrogen) atoms. The van der Waals surface area contributed by atoms with E-state index in [1.54, 1.807) is 0 Å². The lowest BCUT2D eigenvalue weighted by Crippen LogP contribution is -2.26. The monoisotopic (exact) mass is 141 g/mol. The molecule has 1 heterocycles. The van der Waals surface area contributed by atoms with Gasteiger partial charge in [-0.3, -0.25) is 4.90 Å². The van der Waals surface area contributed by atoms with E-state index >= 15 is 0 Å². The highest BCUT2D eigenvalue weighted by atomic mass is 16.5. The Morgan fingerprint density at radius 2 is 2.30 bits per heavy atom. The van der Waals surface area contributed by atoms with Gasteiger partial charge < -0.3 is 4.74 Å². The van der Waals surface area contributed by atoms with Gasteiger partial charge in [0.25, 0.3) is 0 Å². The Bertz CT molecular complexity index is 95.4. The van der Waals surface area contributed by atoms with Crippen LogP contribution in [0.4, 0.5) is 0 Å². The quantitative estimate of drug-likeness (QED) is 0.530. The molecule has 0 aliphatic carbocycles. The Morgan fingerprint density at radius 3 is 3.10 bits per heavy atom. The van der Waals surface area contributed by atoms with Gasteiger partial charge in [-0.05, 0) is 6.42 Å². The second-order valence-corrected chi connectivity index (χ2v) is 2.56. The van der Waals surface area contributed by atoms with Crippen LogP contribution in [0.5, 0.6) is 0 Å². The minimum Gasteiger partial charge on any atom is -0.380 e. The molecule has 0 aromatic rings. The number of nitrogens with zero attached hydrogens (tertiary/aromatic N) is 1. The van der Waals surface area contributed by atoms with Gasteiger partial charge in [0.2, 0.25) is 0 Å². The molecule has 0 N–H and O–H groups in total. The van der Waals surface area contributed by atoms with Gasteiger partial charge in [0.05, 0.1) is 6.61 Å². The normalized spacial score (nSPS) is 22.0. The van der Waals surface area contributed by atoms with E-state index in [0.717, 1.165) is 39.3 Å². The topological polar surface area (TPSA) is 12.5 Å². The van der Waals surface area contributed by atoms with E-state index in [0.29, 0.717) is 0 Å². The summed E-state index contributed by atoms with van der Waals surface area (Å²) < 4.78 is 5.30. The molecule has 58 valence electrons. The van der Waals surface area contributed by atoms with Crippen molar-refractivity contribution in [2.24, 2.45) is 0 Å². The van der Waals surface area contributed by atoms with Crippen molar-refractivity contribution in [1.29, 1.82) is 0 Å². The first-order valence-corrected chi connectivity index (χ1v) is 3.84. The summed E-state index contributed by atoms with van der Waals surface area (Å²) in [4.78, 5) is 2.36. The van der Waals surface area contributed by atoms with Crippen LogP contribution in [-0.2, 0) is 4.74 Å². The van der Waals surface area contributed by atoms with E-state index in [1.807, 2.05) is 6.08 Å². The molecule has 1 aliphatic rings. The molecule has 0 aromatic carbocycles. The third-order valence-electron chi connectivity index (χ3n) is 1.70. The van der Waals surface area contributed by atoms with Crippen molar-refractivity contribution < 1.29 is 4.74 Å². The van der Waals surface area contributed by atoms with Gasteiger partial charge in [-0.15, -0.1) is 6.58 Å². The summed E-state index contributed by atoms with van der Waals surface area (Å²) in [5.74, 6) is 0. The van der Waals surface area contributed by atoms with Crippen LogP contribution in [0.1, 0.15) is 6.42 Å². The maximum Gasteiger partial charge on any atom is 0.0593 e. The second kappa shape index (κ2) is 4.47. The number of rotatable bonds is 2. The fraction of sp³-hybridized carbons (Fsp3) is 0.750. The molecule has 1 aliphatic heterocycles. The van der Waals surface area contributed by atoms with Gasteiger partial charge in [0, 0.05) is 26.2 Å². The fourth-order valence-corrected chi connectivity index (χ4v) is 1.16. The molecule has 1 saturated heterocycles. The van der Waals surface area contributed by atoms with Crippen LogP contribution in [0.2, 0.25) is 0 Å². The van der Waals surface area contributed by atoms with Crippen molar-refractivity contribution in [2.75, 3.05) is 32.8 Å². The van der Waals surface area contributed by atoms with Crippen molar-refractivity contribution in [3.63, 3.8) is 0 Å². The molecule has 0 aromatic heterocycles. The molecule has 0 spiro atoms. The molecule has 0 saturated carbocycles. The lowest BCUT2D eigenvalue weighted by Gasteiger charge is -2.15. The van der Waals surface area contributed by atoms with Crippen LogP contribution >= 0.6 is 0 Å². The van der Waals surface area contributed by atoms with Crippen LogP contribution in [0.25, 0.3) is 0 Å². The molecular formula is C8H15NO. The molecule has 0 bridgehead atoms. The summed E-state index contributed by atoms with van der Waals surface area (Å²) in [5.41, 5.74) is 0. The fourth-order valence-electron chi connectivity index (χ4n) is 1.16. The van der Waals surface area contributed by atoms with E-state index in [9.17, 15) is 0 Å². The minimum absolute atomic E-state index is 0.883. The van der Waals surface area contributed by atoms with Crippen molar-refractivity contribution in [3.8, 4) is 0 Å². The first-order valence-electron chi connectivity index (χ1n) is 3.84. The third-order valence-corrected chi connectivity index (χ3v) is 1.70.